The summed E-state index contributed by atoms with van der Waals surface area (Å²) in [5.41, 5.74) is 0.440. The number of anilines is 1. The third-order valence-electron chi connectivity index (χ3n) is 3.46. The molecular weight excluding hydrogens is 346 g/mol. The van der Waals surface area contributed by atoms with Crippen LogP contribution in [0.25, 0.3) is 0 Å². The van der Waals surface area contributed by atoms with Crippen LogP contribution >= 0.6 is 11.6 Å². The van der Waals surface area contributed by atoms with E-state index in [0.717, 1.165) is 0 Å². The lowest BCUT2D eigenvalue weighted by Crippen LogP contribution is -2.30. The molecule has 0 saturated carbocycles. The molecule has 25 heavy (non-hydrogen) atoms. The number of rotatable bonds is 7. The van der Waals surface area contributed by atoms with Crippen molar-refractivity contribution in [2.45, 2.75) is 13.0 Å². The van der Waals surface area contributed by atoms with E-state index >= 15 is 0 Å². The number of carbonyl (C=O) groups is 1. The Labute approximate surface area is 151 Å². The highest BCUT2D eigenvalue weighted by Gasteiger charge is 2.18. The minimum absolute atomic E-state index is 0.342. The summed E-state index contributed by atoms with van der Waals surface area (Å²) >= 11 is 6.06. The second kappa shape index (κ2) is 8.48. The number of halogens is 1. The first-order valence-electron chi connectivity index (χ1n) is 7.51. The zero-order valence-electron chi connectivity index (χ0n) is 14.5. The molecule has 0 aromatic heterocycles. The molecule has 0 aliphatic carbocycles. The van der Waals surface area contributed by atoms with Crippen molar-refractivity contribution in [2.75, 3.05) is 26.6 Å². The van der Waals surface area contributed by atoms with Gasteiger partial charge in [0.05, 0.1) is 32.0 Å². The maximum Gasteiger partial charge on any atom is 0.265 e. The van der Waals surface area contributed by atoms with Crippen LogP contribution in [-0.4, -0.2) is 33.3 Å². The standard InChI is InChI=1S/C18H20ClNO5/c1-11(25-13-7-5-6-12(8-13)22-2)18(21)20-15-10-16(23-3)14(19)9-17(15)24-4/h5-11H,1-4H3,(H,20,21)/t11-/m1/s1. The minimum atomic E-state index is -0.738. The number of amides is 1. The summed E-state index contributed by atoms with van der Waals surface area (Å²) in [6.45, 7) is 1.65. The predicted molar refractivity (Wildman–Crippen MR) is 96.3 cm³/mol. The van der Waals surface area contributed by atoms with Gasteiger partial charge in [-0.2, -0.15) is 0 Å². The molecule has 0 heterocycles. The molecule has 0 fully saturated rings. The van der Waals surface area contributed by atoms with E-state index in [1.54, 1.807) is 50.4 Å². The summed E-state index contributed by atoms with van der Waals surface area (Å²) in [6, 6.07) is 10.2. The van der Waals surface area contributed by atoms with Crippen LogP contribution in [0.5, 0.6) is 23.0 Å². The van der Waals surface area contributed by atoms with E-state index in [9.17, 15) is 4.79 Å². The van der Waals surface area contributed by atoms with Crippen LogP contribution in [0.2, 0.25) is 5.02 Å². The highest BCUT2D eigenvalue weighted by atomic mass is 35.5. The normalized spacial score (nSPS) is 11.4. The molecule has 1 atom stereocenters. The fourth-order valence-electron chi connectivity index (χ4n) is 2.12. The van der Waals surface area contributed by atoms with Gasteiger partial charge in [0, 0.05) is 18.2 Å². The molecule has 0 aliphatic rings. The molecule has 0 aliphatic heterocycles. The van der Waals surface area contributed by atoms with Crippen molar-refractivity contribution in [1.29, 1.82) is 0 Å². The van der Waals surface area contributed by atoms with E-state index in [0.29, 0.717) is 33.7 Å². The highest BCUT2D eigenvalue weighted by Crippen LogP contribution is 2.36. The fraction of sp³-hybridized carbons (Fsp3) is 0.278. The van der Waals surface area contributed by atoms with Crippen LogP contribution in [0.1, 0.15) is 6.92 Å². The lowest BCUT2D eigenvalue weighted by molar-refractivity contribution is -0.122. The minimum Gasteiger partial charge on any atom is -0.497 e. The number of hydrogen-bond donors (Lipinski definition) is 1. The van der Waals surface area contributed by atoms with Gasteiger partial charge < -0.3 is 24.3 Å². The zero-order valence-corrected chi connectivity index (χ0v) is 15.2. The van der Waals surface area contributed by atoms with Crippen molar-refractivity contribution in [3.05, 3.63) is 41.4 Å². The van der Waals surface area contributed by atoms with Crippen LogP contribution in [0, 0.1) is 0 Å². The average Bonchev–Trinajstić information content (AvgIpc) is 2.62. The van der Waals surface area contributed by atoms with Gasteiger partial charge in [0.25, 0.3) is 5.91 Å². The van der Waals surface area contributed by atoms with Crippen molar-refractivity contribution in [3.63, 3.8) is 0 Å². The molecule has 0 unspecified atom stereocenters. The monoisotopic (exact) mass is 365 g/mol. The van der Waals surface area contributed by atoms with Gasteiger partial charge in [-0.1, -0.05) is 17.7 Å². The van der Waals surface area contributed by atoms with E-state index in [1.807, 2.05) is 0 Å². The summed E-state index contributed by atoms with van der Waals surface area (Å²) in [6.07, 6.45) is -0.738. The summed E-state index contributed by atoms with van der Waals surface area (Å²) in [5, 5.41) is 3.14. The number of methoxy groups -OCH3 is 3. The molecule has 1 N–H and O–H groups in total. The van der Waals surface area contributed by atoms with Crippen molar-refractivity contribution in [1.82, 2.24) is 0 Å². The number of hydrogen-bond acceptors (Lipinski definition) is 5. The molecule has 0 radical (unpaired) electrons. The summed E-state index contributed by atoms with van der Waals surface area (Å²) in [4.78, 5) is 12.4. The average molecular weight is 366 g/mol. The van der Waals surface area contributed by atoms with E-state index in [-0.39, 0.29) is 5.91 Å². The quantitative estimate of drug-likeness (QED) is 0.809. The Bertz CT molecular complexity index is 750. The smallest absolute Gasteiger partial charge is 0.265 e. The number of benzene rings is 2. The van der Waals surface area contributed by atoms with E-state index < -0.39 is 6.10 Å². The van der Waals surface area contributed by atoms with Gasteiger partial charge in [-0.25, -0.2) is 0 Å². The zero-order chi connectivity index (χ0) is 18.4. The Hall–Kier alpha value is -2.60. The number of ether oxygens (including phenoxy) is 4. The van der Waals surface area contributed by atoms with Crippen LogP contribution < -0.4 is 24.3 Å². The number of carbonyl (C=O) groups excluding carboxylic acids is 1. The first-order chi connectivity index (χ1) is 12.0. The Morgan fingerprint density at radius 1 is 1.00 bits per heavy atom. The summed E-state index contributed by atoms with van der Waals surface area (Å²) < 4.78 is 21.2. The SMILES string of the molecule is COc1cccc(O[C@H](C)C(=O)Nc2cc(OC)c(Cl)cc2OC)c1. The molecular formula is C18H20ClNO5. The van der Waals surface area contributed by atoms with Gasteiger partial charge in [-0.15, -0.1) is 0 Å². The Balaban J connectivity index is 2.12. The molecule has 134 valence electrons. The fourth-order valence-corrected chi connectivity index (χ4v) is 2.36. The van der Waals surface area contributed by atoms with Gasteiger partial charge in [0.15, 0.2) is 6.10 Å². The maximum atomic E-state index is 12.4. The van der Waals surface area contributed by atoms with Gasteiger partial charge in [0.2, 0.25) is 0 Å². The predicted octanol–water partition coefficient (Wildman–Crippen LogP) is 3.77. The molecule has 7 heteroatoms. The van der Waals surface area contributed by atoms with E-state index in [2.05, 4.69) is 5.32 Å². The lowest BCUT2D eigenvalue weighted by atomic mass is 10.2. The van der Waals surface area contributed by atoms with E-state index in [1.165, 1.54) is 14.2 Å². The summed E-state index contributed by atoms with van der Waals surface area (Å²) in [7, 11) is 4.55. The molecule has 0 saturated heterocycles. The van der Waals surface area contributed by atoms with Gasteiger partial charge in [-0.05, 0) is 19.1 Å². The van der Waals surface area contributed by atoms with Crippen molar-refractivity contribution in [3.8, 4) is 23.0 Å². The third kappa shape index (κ3) is 4.70. The van der Waals surface area contributed by atoms with Gasteiger partial charge in [0.1, 0.15) is 23.0 Å². The molecule has 6 nitrogen and oxygen atoms in total. The first-order valence-corrected chi connectivity index (χ1v) is 7.89. The first kappa shape index (κ1) is 18.7. The molecule has 1 amide bonds. The third-order valence-corrected chi connectivity index (χ3v) is 3.75. The molecule has 2 aromatic carbocycles. The summed E-state index contributed by atoms with van der Waals surface area (Å²) in [5.74, 6) is 1.69. The number of nitrogens with one attached hydrogen (secondary N) is 1. The highest BCUT2D eigenvalue weighted by molar-refractivity contribution is 6.32. The van der Waals surface area contributed by atoms with Gasteiger partial charge in [-0.3, -0.25) is 4.79 Å². The lowest BCUT2D eigenvalue weighted by Gasteiger charge is -2.17. The van der Waals surface area contributed by atoms with Crippen LogP contribution in [0.3, 0.4) is 0 Å². The Morgan fingerprint density at radius 2 is 1.68 bits per heavy atom. The van der Waals surface area contributed by atoms with Crippen molar-refractivity contribution < 1.29 is 23.7 Å². The molecule has 2 rings (SSSR count). The Morgan fingerprint density at radius 3 is 2.32 bits per heavy atom. The topological polar surface area (TPSA) is 66.0 Å². The van der Waals surface area contributed by atoms with Crippen LogP contribution in [-0.2, 0) is 4.79 Å². The van der Waals surface area contributed by atoms with Gasteiger partial charge >= 0.3 is 0 Å². The Kier molecular flexibility index (Phi) is 6.36. The second-order valence-corrected chi connectivity index (χ2v) is 5.52. The van der Waals surface area contributed by atoms with Crippen LogP contribution in [0.4, 0.5) is 5.69 Å². The second-order valence-electron chi connectivity index (χ2n) is 5.12. The maximum absolute atomic E-state index is 12.4. The molecule has 0 bridgehead atoms. The van der Waals surface area contributed by atoms with Crippen molar-refractivity contribution in [2.24, 2.45) is 0 Å². The van der Waals surface area contributed by atoms with Crippen LogP contribution in [0.15, 0.2) is 36.4 Å². The molecule has 0 spiro atoms. The largest absolute Gasteiger partial charge is 0.497 e. The molecule has 2 aromatic rings. The van der Waals surface area contributed by atoms with E-state index in [4.69, 9.17) is 30.5 Å². The van der Waals surface area contributed by atoms with Crippen molar-refractivity contribution >= 4 is 23.2 Å².